The molecule has 1 aliphatic heterocycles. The highest BCUT2D eigenvalue weighted by atomic mass is 16.5. The minimum absolute atomic E-state index is 0.0123. The minimum atomic E-state index is -0.876. The molecule has 3 heterocycles. The van der Waals surface area contributed by atoms with Crippen LogP contribution in [-0.2, 0) is 10.2 Å². The quantitative estimate of drug-likeness (QED) is 0.653. The molecular weight excluding hydrogens is 396 g/mol. The Labute approximate surface area is 179 Å². The first-order valence-electron chi connectivity index (χ1n) is 10.1. The summed E-state index contributed by atoms with van der Waals surface area (Å²) >= 11 is 0. The largest absolute Gasteiger partial charge is 0.487 e. The van der Waals surface area contributed by atoms with E-state index in [1.54, 1.807) is 25.5 Å². The smallest absolute Gasteiger partial charge is 0.291 e. The van der Waals surface area contributed by atoms with Crippen LogP contribution >= 0.6 is 0 Å². The molecule has 0 bridgehead atoms. The Morgan fingerprint density at radius 2 is 2.10 bits per heavy atom. The number of aromatic nitrogens is 4. The van der Waals surface area contributed by atoms with Crippen molar-refractivity contribution < 1.29 is 14.3 Å². The number of carbonyl (C=O) groups is 2. The van der Waals surface area contributed by atoms with Crippen LogP contribution in [0.5, 0.6) is 5.75 Å². The van der Waals surface area contributed by atoms with Crippen molar-refractivity contribution in [2.24, 2.45) is 0 Å². The Hall–Kier alpha value is -3.75. The molecule has 0 saturated carbocycles. The fourth-order valence-corrected chi connectivity index (χ4v) is 3.61. The number of benzene rings is 1. The molecule has 4 rings (SSSR count). The van der Waals surface area contributed by atoms with Crippen LogP contribution in [0.3, 0.4) is 0 Å². The van der Waals surface area contributed by atoms with E-state index in [0.29, 0.717) is 17.3 Å². The molecule has 9 nitrogen and oxygen atoms in total. The maximum absolute atomic E-state index is 12.8. The number of amides is 2. The van der Waals surface area contributed by atoms with Gasteiger partial charge in [-0.3, -0.25) is 19.7 Å². The first-order valence-corrected chi connectivity index (χ1v) is 10.1. The Morgan fingerprint density at radius 3 is 2.84 bits per heavy atom. The summed E-state index contributed by atoms with van der Waals surface area (Å²) < 4.78 is 5.69. The average Bonchev–Trinajstić information content (AvgIpc) is 3.28. The summed E-state index contributed by atoms with van der Waals surface area (Å²) in [5.74, 6) is 0.205. The number of carbonyl (C=O) groups excluding carboxylic acids is 2. The van der Waals surface area contributed by atoms with Gasteiger partial charge in [-0.25, -0.2) is 4.98 Å². The van der Waals surface area contributed by atoms with Crippen molar-refractivity contribution in [3.05, 3.63) is 66.0 Å². The molecule has 1 aromatic carbocycles. The van der Waals surface area contributed by atoms with Crippen molar-refractivity contribution in [2.75, 3.05) is 18.6 Å². The van der Waals surface area contributed by atoms with Crippen molar-refractivity contribution in [3.8, 4) is 5.75 Å². The normalized spacial score (nSPS) is 17.8. The third-order valence-corrected chi connectivity index (χ3v) is 5.79. The van der Waals surface area contributed by atoms with Gasteiger partial charge in [0.05, 0.1) is 17.3 Å². The lowest BCUT2D eigenvalue weighted by Gasteiger charge is -2.26. The van der Waals surface area contributed by atoms with E-state index in [1.807, 2.05) is 37.3 Å². The zero-order chi connectivity index (χ0) is 22.0. The summed E-state index contributed by atoms with van der Waals surface area (Å²) in [6.45, 7) is 4.09. The van der Waals surface area contributed by atoms with Gasteiger partial charge in [-0.1, -0.05) is 37.3 Å². The SMILES string of the molecule is CCC(C)(c1ccccc1)c1nc(C(=O)N[C@H]2COc3cnccc3N(C)C2=O)n[nH]1. The summed E-state index contributed by atoms with van der Waals surface area (Å²) in [6.07, 6.45) is 3.89. The zero-order valence-electron chi connectivity index (χ0n) is 17.6. The second-order valence-electron chi connectivity index (χ2n) is 7.64. The van der Waals surface area contributed by atoms with E-state index in [4.69, 9.17) is 4.74 Å². The molecule has 2 atom stereocenters. The number of hydrogen-bond acceptors (Lipinski definition) is 6. The summed E-state index contributed by atoms with van der Waals surface area (Å²) in [4.78, 5) is 35.6. The minimum Gasteiger partial charge on any atom is -0.487 e. The molecule has 0 spiro atoms. The van der Waals surface area contributed by atoms with E-state index in [9.17, 15) is 9.59 Å². The van der Waals surface area contributed by atoms with Crippen LogP contribution in [-0.4, -0.2) is 51.7 Å². The predicted molar refractivity (Wildman–Crippen MR) is 114 cm³/mol. The first-order chi connectivity index (χ1) is 14.9. The number of anilines is 1. The lowest BCUT2D eigenvalue weighted by Crippen LogP contribution is -2.49. The number of aromatic amines is 1. The number of pyridine rings is 1. The van der Waals surface area contributed by atoms with Crippen molar-refractivity contribution in [1.29, 1.82) is 0 Å². The zero-order valence-corrected chi connectivity index (χ0v) is 17.6. The van der Waals surface area contributed by atoms with Gasteiger partial charge in [-0.15, -0.1) is 5.10 Å². The number of H-pyrrole nitrogens is 1. The van der Waals surface area contributed by atoms with E-state index in [2.05, 4.69) is 32.4 Å². The second kappa shape index (κ2) is 8.17. The van der Waals surface area contributed by atoms with Crippen LogP contribution < -0.4 is 15.0 Å². The van der Waals surface area contributed by atoms with Gasteiger partial charge in [0.1, 0.15) is 18.5 Å². The molecule has 0 aliphatic carbocycles. The molecule has 2 N–H and O–H groups in total. The molecule has 160 valence electrons. The fraction of sp³-hybridized carbons (Fsp3) is 0.318. The Bertz CT molecular complexity index is 1100. The average molecular weight is 420 g/mol. The predicted octanol–water partition coefficient (Wildman–Crippen LogP) is 2.07. The summed E-state index contributed by atoms with van der Waals surface area (Å²) in [7, 11) is 1.63. The van der Waals surface area contributed by atoms with Gasteiger partial charge in [-0.05, 0) is 25.0 Å². The summed E-state index contributed by atoms with van der Waals surface area (Å²) in [5, 5.41) is 9.70. The number of likely N-dealkylation sites (N-methyl/N-ethyl adjacent to an activating group) is 1. The fourth-order valence-electron chi connectivity index (χ4n) is 3.61. The maximum atomic E-state index is 12.8. The molecule has 31 heavy (non-hydrogen) atoms. The molecule has 1 unspecified atom stereocenters. The van der Waals surface area contributed by atoms with E-state index in [1.165, 1.54) is 4.90 Å². The summed E-state index contributed by atoms with van der Waals surface area (Å²) in [5.41, 5.74) is 1.24. The second-order valence-corrected chi connectivity index (χ2v) is 7.64. The van der Waals surface area contributed by atoms with E-state index >= 15 is 0 Å². The Kier molecular flexibility index (Phi) is 5.41. The highest BCUT2D eigenvalue weighted by Gasteiger charge is 2.34. The Morgan fingerprint density at radius 1 is 1.32 bits per heavy atom. The van der Waals surface area contributed by atoms with E-state index in [-0.39, 0.29) is 18.3 Å². The van der Waals surface area contributed by atoms with Crippen molar-refractivity contribution in [2.45, 2.75) is 31.7 Å². The Balaban J connectivity index is 1.53. The van der Waals surface area contributed by atoms with Crippen molar-refractivity contribution in [1.82, 2.24) is 25.5 Å². The molecule has 3 aromatic rings. The molecule has 0 saturated heterocycles. The molecule has 1 aliphatic rings. The van der Waals surface area contributed by atoms with Crippen LogP contribution in [0.1, 0.15) is 42.3 Å². The molecule has 2 aromatic heterocycles. The van der Waals surface area contributed by atoms with Crippen LogP contribution in [0.25, 0.3) is 0 Å². The highest BCUT2D eigenvalue weighted by Crippen LogP contribution is 2.33. The summed E-state index contributed by atoms with van der Waals surface area (Å²) in [6, 6.07) is 10.7. The standard InChI is InChI=1S/C22H24N6O3/c1-4-22(2,14-8-6-5-7-9-14)21-25-18(26-27-21)19(29)24-15-13-31-17-12-23-11-10-16(17)28(3)20(15)30/h5-12,15H,4,13H2,1-3H3,(H,24,29)(H,25,26,27)/t15-,22?/m0/s1. The topological polar surface area (TPSA) is 113 Å². The number of nitrogens with zero attached hydrogens (tertiary/aromatic N) is 4. The molecule has 9 heteroatoms. The monoisotopic (exact) mass is 420 g/mol. The molecule has 0 radical (unpaired) electrons. The van der Waals surface area contributed by atoms with Gasteiger partial charge in [0.15, 0.2) is 5.75 Å². The van der Waals surface area contributed by atoms with Crippen LogP contribution in [0.4, 0.5) is 5.69 Å². The maximum Gasteiger partial charge on any atom is 0.291 e. The lowest BCUT2D eigenvalue weighted by molar-refractivity contribution is -0.120. The molecule has 2 amide bonds. The first kappa shape index (κ1) is 20.5. The van der Waals surface area contributed by atoms with Crippen LogP contribution in [0, 0.1) is 0 Å². The number of nitrogens with one attached hydrogen (secondary N) is 2. The van der Waals surface area contributed by atoms with E-state index < -0.39 is 17.4 Å². The molecular formula is C22H24N6O3. The number of fused-ring (bicyclic) bond motifs is 1. The third-order valence-electron chi connectivity index (χ3n) is 5.79. The van der Waals surface area contributed by atoms with Gasteiger partial charge in [0, 0.05) is 13.2 Å². The number of rotatable bonds is 5. The van der Waals surface area contributed by atoms with E-state index in [0.717, 1.165) is 12.0 Å². The lowest BCUT2D eigenvalue weighted by atomic mass is 9.79. The number of hydrogen-bond donors (Lipinski definition) is 2. The van der Waals surface area contributed by atoms with Gasteiger partial charge >= 0.3 is 0 Å². The van der Waals surface area contributed by atoms with Gasteiger partial charge in [-0.2, -0.15) is 0 Å². The highest BCUT2D eigenvalue weighted by molar-refractivity contribution is 6.02. The van der Waals surface area contributed by atoms with Gasteiger partial charge in [0.25, 0.3) is 11.8 Å². The van der Waals surface area contributed by atoms with Gasteiger partial charge in [0.2, 0.25) is 5.82 Å². The van der Waals surface area contributed by atoms with Crippen molar-refractivity contribution in [3.63, 3.8) is 0 Å². The number of ether oxygens (including phenoxy) is 1. The van der Waals surface area contributed by atoms with Crippen LogP contribution in [0.2, 0.25) is 0 Å². The van der Waals surface area contributed by atoms with Gasteiger partial charge < -0.3 is 15.0 Å². The third kappa shape index (κ3) is 3.74. The van der Waals surface area contributed by atoms with Crippen molar-refractivity contribution >= 4 is 17.5 Å². The molecule has 0 fully saturated rings. The van der Waals surface area contributed by atoms with Crippen LogP contribution in [0.15, 0.2) is 48.8 Å².